The molecule has 8 heteroatoms. The SMILES string of the molecule is O=C(Nc1cccc(Cl)c1)c1cn(Cc2cccc(F)c2)nc1OCc1cccc(F)c1. The lowest BCUT2D eigenvalue weighted by Crippen LogP contribution is -2.12. The summed E-state index contributed by atoms with van der Waals surface area (Å²) in [4.78, 5) is 12.9. The number of nitrogens with one attached hydrogen (secondary N) is 1. The minimum absolute atomic E-state index is 0.0200. The van der Waals surface area contributed by atoms with E-state index < -0.39 is 5.91 Å². The summed E-state index contributed by atoms with van der Waals surface area (Å²) in [7, 11) is 0. The van der Waals surface area contributed by atoms with Crippen LogP contribution in [-0.2, 0) is 13.2 Å². The van der Waals surface area contributed by atoms with Crippen molar-refractivity contribution in [2.75, 3.05) is 5.32 Å². The molecule has 1 N–H and O–H groups in total. The summed E-state index contributed by atoms with van der Waals surface area (Å²) in [5.74, 6) is -1.13. The number of carbonyl (C=O) groups is 1. The number of anilines is 1. The zero-order valence-electron chi connectivity index (χ0n) is 16.8. The fraction of sp³-hybridized carbons (Fsp3) is 0.0833. The van der Waals surface area contributed by atoms with Crippen LogP contribution in [0.15, 0.2) is 79.0 Å². The molecule has 0 saturated heterocycles. The van der Waals surface area contributed by atoms with E-state index in [0.29, 0.717) is 21.8 Å². The standard InChI is InChI=1S/C24H18ClF2N3O2/c25-18-6-3-9-21(12-18)28-23(31)22-14-30(13-16-4-1-7-19(26)10-16)29-24(22)32-15-17-5-2-8-20(27)11-17/h1-12,14H,13,15H2,(H,28,31). The lowest BCUT2D eigenvalue weighted by Gasteiger charge is -2.07. The molecule has 0 unspecified atom stereocenters. The molecule has 1 heterocycles. The van der Waals surface area contributed by atoms with Gasteiger partial charge in [-0.2, -0.15) is 0 Å². The van der Waals surface area contributed by atoms with Gasteiger partial charge in [0.15, 0.2) is 0 Å². The molecule has 3 aromatic carbocycles. The van der Waals surface area contributed by atoms with Crippen LogP contribution in [0.2, 0.25) is 5.02 Å². The zero-order chi connectivity index (χ0) is 22.5. The monoisotopic (exact) mass is 453 g/mol. The molecule has 0 aliphatic rings. The second-order valence-corrected chi connectivity index (χ2v) is 7.49. The molecule has 0 spiro atoms. The van der Waals surface area contributed by atoms with Gasteiger partial charge >= 0.3 is 0 Å². The maximum atomic E-state index is 13.5. The van der Waals surface area contributed by atoms with E-state index in [1.165, 1.54) is 35.1 Å². The van der Waals surface area contributed by atoms with Crippen molar-refractivity contribution in [2.24, 2.45) is 0 Å². The van der Waals surface area contributed by atoms with Gasteiger partial charge in [-0.05, 0) is 53.6 Å². The lowest BCUT2D eigenvalue weighted by molar-refractivity contribution is 0.102. The fourth-order valence-corrected chi connectivity index (χ4v) is 3.30. The number of aromatic nitrogens is 2. The molecular formula is C24H18ClF2N3O2. The normalized spacial score (nSPS) is 10.7. The second-order valence-electron chi connectivity index (χ2n) is 7.06. The quantitative estimate of drug-likeness (QED) is 0.391. The molecule has 1 aromatic heterocycles. The van der Waals surface area contributed by atoms with Crippen LogP contribution in [-0.4, -0.2) is 15.7 Å². The summed E-state index contributed by atoms with van der Waals surface area (Å²) in [6, 6.07) is 18.8. The van der Waals surface area contributed by atoms with Crippen LogP contribution in [0.5, 0.6) is 5.88 Å². The van der Waals surface area contributed by atoms with Crippen LogP contribution >= 0.6 is 11.6 Å². The average molecular weight is 454 g/mol. The van der Waals surface area contributed by atoms with Gasteiger partial charge in [-0.25, -0.2) is 8.78 Å². The zero-order valence-corrected chi connectivity index (χ0v) is 17.5. The number of hydrogen-bond donors (Lipinski definition) is 1. The first-order valence-electron chi connectivity index (χ1n) is 9.72. The Morgan fingerprint density at radius 3 is 2.38 bits per heavy atom. The topological polar surface area (TPSA) is 56.2 Å². The van der Waals surface area contributed by atoms with Crippen LogP contribution in [0.3, 0.4) is 0 Å². The van der Waals surface area contributed by atoms with Crippen molar-refractivity contribution < 1.29 is 18.3 Å². The van der Waals surface area contributed by atoms with Crippen LogP contribution in [0, 0.1) is 11.6 Å². The highest BCUT2D eigenvalue weighted by Crippen LogP contribution is 2.22. The van der Waals surface area contributed by atoms with Gasteiger partial charge in [-0.1, -0.05) is 41.9 Å². The second kappa shape index (κ2) is 9.62. The average Bonchev–Trinajstić information content (AvgIpc) is 3.15. The Labute approximate surface area is 188 Å². The molecule has 4 aromatic rings. The highest BCUT2D eigenvalue weighted by molar-refractivity contribution is 6.31. The summed E-state index contributed by atoms with van der Waals surface area (Å²) < 4.78 is 34.2. The first-order chi connectivity index (χ1) is 15.5. The molecule has 0 radical (unpaired) electrons. The summed E-state index contributed by atoms with van der Waals surface area (Å²) >= 11 is 5.99. The molecule has 1 amide bonds. The van der Waals surface area contributed by atoms with E-state index in [0.717, 1.165) is 0 Å². The van der Waals surface area contributed by atoms with Crippen molar-refractivity contribution in [1.82, 2.24) is 9.78 Å². The molecule has 0 atom stereocenters. The maximum absolute atomic E-state index is 13.5. The van der Waals surface area contributed by atoms with Gasteiger partial charge in [0.1, 0.15) is 23.8 Å². The number of nitrogens with zero attached hydrogens (tertiary/aromatic N) is 2. The number of halogens is 3. The predicted molar refractivity (Wildman–Crippen MR) is 118 cm³/mol. The van der Waals surface area contributed by atoms with Crippen molar-refractivity contribution in [2.45, 2.75) is 13.2 Å². The molecular weight excluding hydrogens is 436 g/mol. The van der Waals surface area contributed by atoms with Crippen LogP contribution in [0.1, 0.15) is 21.5 Å². The van der Waals surface area contributed by atoms with Crippen LogP contribution in [0.25, 0.3) is 0 Å². The maximum Gasteiger partial charge on any atom is 0.262 e. The molecule has 0 aliphatic carbocycles. The van der Waals surface area contributed by atoms with E-state index in [-0.39, 0.29) is 36.2 Å². The van der Waals surface area contributed by atoms with E-state index in [1.54, 1.807) is 48.5 Å². The largest absolute Gasteiger partial charge is 0.471 e. The Bertz CT molecular complexity index is 1260. The van der Waals surface area contributed by atoms with Crippen molar-refractivity contribution in [3.63, 3.8) is 0 Å². The molecule has 32 heavy (non-hydrogen) atoms. The first kappa shape index (κ1) is 21.5. The molecule has 5 nitrogen and oxygen atoms in total. The van der Waals surface area contributed by atoms with E-state index >= 15 is 0 Å². The third kappa shape index (κ3) is 5.50. The molecule has 4 rings (SSSR count). The number of hydrogen-bond acceptors (Lipinski definition) is 3. The van der Waals surface area contributed by atoms with E-state index in [1.807, 2.05) is 0 Å². The van der Waals surface area contributed by atoms with Gasteiger partial charge in [0.2, 0.25) is 5.88 Å². The smallest absolute Gasteiger partial charge is 0.262 e. The van der Waals surface area contributed by atoms with Gasteiger partial charge in [0, 0.05) is 16.9 Å². The van der Waals surface area contributed by atoms with Gasteiger partial charge in [0.25, 0.3) is 5.91 Å². The molecule has 0 saturated carbocycles. The number of rotatable bonds is 7. The number of amides is 1. The molecule has 0 aliphatic heterocycles. The molecule has 0 fully saturated rings. The Hall–Kier alpha value is -3.71. The Morgan fingerprint density at radius 1 is 0.969 bits per heavy atom. The highest BCUT2D eigenvalue weighted by Gasteiger charge is 2.19. The van der Waals surface area contributed by atoms with Gasteiger partial charge in [-0.15, -0.1) is 5.10 Å². The summed E-state index contributed by atoms with van der Waals surface area (Å²) in [5, 5.41) is 7.58. The van der Waals surface area contributed by atoms with E-state index in [9.17, 15) is 13.6 Å². The number of ether oxygens (including phenoxy) is 1. The Kier molecular flexibility index (Phi) is 6.47. The molecule has 0 bridgehead atoms. The third-order valence-corrected chi connectivity index (χ3v) is 4.79. The van der Waals surface area contributed by atoms with Crippen molar-refractivity contribution in [1.29, 1.82) is 0 Å². The highest BCUT2D eigenvalue weighted by atomic mass is 35.5. The fourth-order valence-electron chi connectivity index (χ4n) is 3.11. The van der Waals surface area contributed by atoms with Crippen molar-refractivity contribution in [3.05, 3.63) is 112 Å². The minimum Gasteiger partial charge on any atom is -0.471 e. The lowest BCUT2D eigenvalue weighted by atomic mass is 10.2. The Morgan fingerprint density at radius 2 is 1.66 bits per heavy atom. The van der Waals surface area contributed by atoms with Gasteiger partial charge in [-0.3, -0.25) is 9.48 Å². The Balaban J connectivity index is 1.59. The first-order valence-corrected chi connectivity index (χ1v) is 10.1. The summed E-state index contributed by atoms with van der Waals surface area (Å²) in [6.07, 6.45) is 1.52. The number of carbonyl (C=O) groups excluding carboxylic acids is 1. The van der Waals surface area contributed by atoms with E-state index in [4.69, 9.17) is 16.3 Å². The number of benzene rings is 3. The summed E-state index contributed by atoms with van der Waals surface area (Å²) in [5.41, 5.74) is 1.95. The van der Waals surface area contributed by atoms with E-state index in [2.05, 4.69) is 10.4 Å². The predicted octanol–water partition coefficient (Wildman–Crippen LogP) is 5.69. The van der Waals surface area contributed by atoms with Crippen LogP contribution < -0.4 is 10.1 Å². The van der Waals surface area contributed by atoms with Crippen LogP contribution in [0.4, 0.5) is 14.5 Å². The van der Waals surface area contributed by atoms with Crippen molar-refractivity contribution in [3.8, 4) is 5.88 Å². The van der Waals surface area contributed by atoms with Gasteiger partial charge < -0.3 is 10.1 Å². The minimum atomic E-state index is -0.452. The van der Waals surface area contributed by atoms with Gasteiger partial charge in [0.05, 0.1) is 6.54 Å². The van der Waals surface area contributed by atoms with Crippen molar-refractivity contribution >= 4 is 23.2 Å². The third-order valence-electron chi connectivity index (χ3n) is 4.55. The summed E-state index contributed by atoms with van der Waals surface area (Å²) in [6.45, 7) is 0.255. The molecule has 162 valence electrons.